The van der Waals surface area contributed by atoms with Crippen LogP contribution in [0.25, 0.3) is 0 Å². The molecular weight excluding hydrogens is 298 g/mol. The molecule has 122 valence electrons. The predicted octanol–water partition coefficient (Wildman–Crippen LogP) is 3.84. The first-order valence-electron chi connectivity index (χ1n) is 7.13. The van der Waals surface area contributed by atoms with E-state index < -0.39 is 4.92 Å². The highest BCUT2D eigenvalue weighted by atomic mass is 16.6. The maximum Gasteiger partial charge on any atom is 0.287 e. The topological polar surface area (TPSA) is 86.5 Å². The average Bonchev–Trinajstić information content (AvgIpc) is 2.50. The summed E-state index contributed by atoms with van der Waals surface area (Å²) in [6.07, 6.45) is 1.27. The number of aryl methyl sites for hydroxylation is 1. The van der Waals surface area contributed by atoms with Crippen LogP contribution in [0, 0.1) is 17.0 Å². The van der Waals surface area contributed by atoms with E-state index in [9.17, 15) is 10.1 Å². The van der Waals surface area contributed by atoms with Crippen LogP contribution >= 0.6 is 0 Å². The van der Waals surface area contributed by atoms with Gasteiger partial charge in [0.25, 0.3) is 5.69 Å². The number of benzene rings is 1. The van der Waals surface area contributed by atoms with E-state index in [1.54, 1.807) is 20.1 Å². The van der Waals surface area contributed by atoms with Crippen molar-refractivity contribution in [3.05, 3.63) is 46.1 Å². The van der Waals surface area contributed by atoms with E-state index in [2.05, 4.69) is 10.3 Å². The number of pyridine rings is 1. The van der Waals surface area contributed by atoms with Crippen LogP contribution in [0.5, 0.6) is 11.5 Å². The van der Waals surface area contributed by atoms with Gasteiger partial charge in [0.15, 0.2) is 11.5 Å². The van der Waals surface area contributed by atoms with Crippen LogP contribution < -0.4 is 14.8 Å². The largest absolute Gasteiger partial charge is 0.493 e. The van der Waals surface area contributed by atoms with Crippen molar-refractivity contribution >= 4 is 17.2 Å². The van der Waals surface area contributed by atoms with E-state index >= 15 is 0 Å². The number of hydrogen-bond donors (Lipinski definition) is 1. The Morgan fingerprint density at radius 1 is 1.26 bits per heavy atom. The molecule has 2 aromatic rings. The van der Waals surface area contributed by atoms with E-state index in [0.29, 0.717) is 22.9 Å². The van der Waals surface area contributed by atoms with Crippen LogP contribution in [-0.4, -0.2) is 23.1 Å². The maximum absolute atomic E-state index is 10.7. The van der Waals surface area contributed by atoms with E-state index in [4.69, 9.17) is 9.47 Å². The first-order valence-corrected chi connectivity index (χ1v) is 7.13. The van der Waals surface area contributed by atoms with E-state index in [0.717, 1.165) is 5.69 Å². The van der Waals surface area contributed by atoms with Crippen LogP contribution in [0.2, 0.25) is 0 Å². The van der Waals surface area contributed by atoms with Crippen LogP contribution in [0.1, 0.15) is 19.4 Å². The lowest BCUT2D eigenvalue weighted by molar-refractivity contribution is -0.385. The van der Waals surface area contributed by atoms with E-state index in [1.165, 1.54) is 12.3 Å². The number of nitrogens with zero attached hydrogens (tertiary/aromatic N) is 2. The molecule has 1 aromatic carbocycles. The molecule has 0 saturated heterocycles. The fraction of sp³-hybridized carbons (Fsp3) is 0.312. The molecule has 2 rings (SSSR count). The zero-order valence-corrected chi connectivity index (χ0v) is 13.5. The van der Waals surface area contributed by atoms with Crippen molar-refractivity contribution in [1.82, 2.24) is 4.98 Å². The SMILES string of the molecule is COc1cc(Nc2ncc([N+](=O)[O-])cc2C)ccc1OC(C)C. The van der Waals surface area contributed by atoms with Gasteiger partial charge in [0.1, 0.15) is 12.0 Å². The molecule has 0 bridgehead atoms. The molecule has 1 heterocycles. The minimum absolute atomic E-state index is 0.0358. The quantitative estimate of drug-likeness (QED) is 0.643. The first kappa shape index (κ1) is 16.5. The molecule has 0 aliphatic rings. The molecule has 23 heavy (non-hydrogen) atoms. The molecular formula is C16H19N3O4. The minimum Gasteiger partial charge on any atom is -0.493 e. The van der Waals surface area contributed by atoms with Crippen molar-refractivity contribution in [2.45, 2.75) is 26.9 Å². The molecule has 0 aliphatic carbocycles. The van der Waals surface area contributed by atoms with Gasteiger partial charge in [0.2, 0.25) is 0 Å². The maximum atomic E-state index is 10.7. The third-order valence-electron chi connectivity index (χ3n) is 3.06. The molecule has 1 aromatic heterocycles. The highest BCUT2D eigenvalue weighted by molar-refractivity contribution is 5.64. The summed E-state index contributed by atoms with van der Waals surface area (Å²) in [5, 5.41) is 13.9. The molecule has 0 aliphatic heterocycles. The third-order valence-corrected chi connectivity index (χ3v) is 3.06. The van der Waals surface area contributed by atoms with Crippen LogP contribution in [0.4, 0.5) is 17.2 Å². The van der Waals surface area contributed by atoms with E-state index in [-0.39, 0.29) is 11.8 Å². The van der Waals surface area contributed by atoms with Gasteiger partial charge in [-0.3, -0.25) is 10.1 Å². The molecule has 0 atom stereocenters. The number of nitrogens with one attached hydrogen (secondary N) is 1. The zero-order chi connectivity index (χ0) is 17.0. The van der Waals surface area contributed by atoms with Gasteiger partial charge in [-0.1, -0.05) is 0 Å². The molecule has 0 unspecified atom stereocenters. The highest BCUT2D eigenvalue weighted by Crippen LogP contribution is 2.32. The number of nitro groups is 1. The summed E-state index contributed by atoms with van der Waals surface area (Å²) in [5.74, 6) is 1.81. The number of rotatable bonds is 6. The summed E-state index contributed by atoms with van der Waals surface area (Å²) in [5.41, 5.74) is 1.40. The lowest BCUT2D eigenvalue weighted by atomic mass is 10.2. The van der Waals surface area contributed by atoms with Crippen molar-refractivity contribution in [3.8, 4) is 11.5 Å². The lowest BCUT2D eigenvalue weighted by Gasteiger charge is -2.15. The Hall–Kier alpha value is -2.83. The molecule has 0 fully saturated rings. The molecule has 1 N–H and O–H groups in total. The first-order chi connectivity index (χ1) is 10.9. The predicted molar refractivity (Wildman–Crippen MR) is 87.7 cm³/mol. The Bertz CT molecular complexity index is 716. The van der Waals surface area contributed by atoms with Gasteiger partial charge in [-0.2, -0.15) is 0 Å². The molecule has 7 nitrogen and oxygen atoms in total. The summed E-state index contributed by atoms with van der Waals surface area (Å²) in [4.78, 5) is 14.4. The van der Waals surface area contributed by atoms with Gasteiger partial charge in [-0.05, 0) is 38.5 Å². The number of hydrogen-bond acceptors (Lipinski definition) is 6. The average molecular weight is 317 g/mol. The number of ether oxygens (including phenoxy) is 2. The zero-order valence-electron chi connectivity index (χ0n) is 13.5. The van der Waals surface area contributed by atoms with Gasteiger partial charge in [-0.15, -0.1) is 0 Å². The Morgan fingerprint density at radius 3 is 2.57 bits per heavy atom. The summed E-state index contributed by atoms with van der Waals surface area (Å²) >= 11 is 0. The standard InChI is InChI=1S/C16H19N3O4/c1-10(2)23-14-6-5-12(8-15(14)22-4)18-16-11(3)7-13(9-17-16)19(20)21/h5-10H,1-4H3,(H,17,18). The number of aromatic nitrogens is 1. The third kappa shape index (κ3) is 4.09. The van der Waals surface area contributed by atoms with Gasteiger partial charge in [-0.25, -0.2) is 4.98 Å². The van der Waals surface area contributed by atoms with Gasteiger partial charge in [0, 0.05) is 17.8 Å². The molecule has 0 radical (unpaired) electrons. The van der Waals surface area contributed by atoms with Crippen molar-refractivity contribution in [2.24, 2.45) is 0 Å². The van der Waals surface area contributed by atoms with Crippen molar-refractivity contribution in [3.63, 3.8) is 0 Å². The molecule has 0 amide bonds. The second-order valence-corrected chi connectivity index (χ2v) is 5.27. The smallest absolute Gasteiger partial charge is 0.287 e. The van der Waals surface area contributed by atoms with E-state index in [1.807, 2.05) is 26.0 Å². The Labute approximate surface area is 134 Å². The minimum atomic E-state index is -0.467. The van der Waals surface area contributed by atoms with Crippen LogP contribution in [-0.2, 0) is 0 Å². The summed E-state index contributed by atoms with van der Waals surface area (Å²) < 4.78 is 11.0. The fourth-order valence-electron chi connectivity index (χ4n) is 2.02. The van der Waals surface area contributed by atoms with Gasteiger partial charge < -0.3 is 14.8 Å². The van der Waals surface area contributed by atoms with Gasteiger partial charge in [0.05, 0.1) is 18.1 Å². The van der Waals surface area contributed by atoms with Crippen LogP contribution in [0.3, 0.4) is 0 Å². The Kier molecular flexibility index (Phi) is 5.00. The fourth-order valence-corrected chi connectivity index (χ4v) is 2.02. The Morgan fingerprint density at radius 2 is 2.00 bits per heavy atom. The molecule has 0 saturated carbocycles. The van der Waals surface area contributed by atoms with Crippen molar-refractivity contribution in [2.75, 3.05) is 12.4 Å². The summed E-state index contributed by atoms with van der Waals surface area (Å²) in [6, 6.07) is 6.91. The van der Waals surface area contributed by atoms with Crippen molar-refractivity contribution in [1.29, 1.82) is 0 Å². The normalized spacial score (nSPS) is 10.5. The second-order valence-electron chi connectivity index (χ2n) is 5.27. The highest BCUT2D eigenvalue weighted by Gasteiger charge is 2.11. The number of anilines is 2. The monoisotopic (exact) mass is 317 g/mol. The summed E-state index contributed by atoms with van der Waals surface area (Å²) in [6.45, 7) is 5.64. The summed E-state index contributed by atoms with van der Waals surface area (Å²) in [7, 11) is 1.57. The van der Waals surface area contributed by atoms with Crippen LogP contribution in [0.15, 0.2) is 30.5 Å². The molecule has 7 heteroatoms. The molecule has 0 spiro atoms. The van der Waals surface area contributed by atoms with Gasteiger partial charge >= 0.3 is 0 Å². The number of methoxy groups -OCH3 is 1. The lowest BCUT2D eigenvalue weighted by Crippen LogP contribution is -2.07. The Balaban J connectivity index is 2.25. The van der Waals surface area contributed by atoms with Crippen molar-refractivity contribution < 1.29 is 14.4 Å². The second kappa shape index (κ2) is 6.95.